The van der Waals surface area contributed by atoms with Gasteiger partial charge < -0.3 is 11.1 Å². The van der Waals surface area contributed by atoms with Gasteiger partial charge in [-0.2, -0.15) is 11.8 Å². The van der Waals surface area contributed by atoms with Crippen molar-refractivity contribution in [1.29, 1.82) is 0 Å². The molecule has 0 aliphatic carbocycles. The van der Waals surface area contributed by atoms with Crippen LogP contribution in [-0.4, -0.2) is 17.5 Å². The minimum atomic E-state index is -0.294. The Labute approximate surface area is 101 Å². The predicted octanol–water partition coefficient (Wildman–Crippen LogP) is 3.35. The second kappa shape index (κ2) is 6.63. The number of hydrogen-bond acceptors (Lipinski definition) is 3. The van der Waals surface area contributed by atoms with E-state index in [1.165, 1.54) is 12.1 Å². The SMILES string of the molecule is CCSCCC(C)Nc1ccc(F)cc1N. The van der Waals surface area contributed by atoms with Crippen molar-refractivity contribution in [2.24, 2.45) is 0 Å². The number of nitrogens with two attached hydrogens (primary N) is 1. The Morgan fingerprint density at radius 2 is 2.25 bits per heavy atom. The summed E-state index contributed by atoms with van der Waals surface area (Å²) < 4.78 is 12.8. The molecule has 0 spiro atoms. The highest BCUT2D eigenvalue weighted by molar-refractivity contribution is 7.99. The quantitative estimate of drug-likeness (QED) is 0.593. The summed E-state index contributed by atoms with van der Waals surface area (Å²) >= 11 is 1.92. The first-order valence-corrected chi connectivity index (χ1v) is 6.68. The molecule has 0 radical (unpaired) electrons. The summed E-state index contributed by atoms with van der Waals surface area (Å²) in [6, 6.07) is 4.81. The van der Waals surface area contributed by atoms with Gasteiger partial charge in [0.25, 0.3) is 0 Å². The lowest BCUT2D eigenvalue weighted by atomic mass is 10.2. The highest BCUT2D eigenvalue weighted by Crippen LogP contribution is 2.20. The lowest BCUT2D eigenvalue weighted by Gasteiger charge is -2.16. The summed E-state index contributed by atoms with van der Waals surface area (Å²) in [5.41, 5.74) is 7.00. The smallest absolute Gasteiger partial charge is 0.125 e. The number of anilines is 2. The first kappa shape index (κ1) is 13.2. The van der Waals surface area contributed by atoms with Crippen molar-refractivity contribution in [3.8, 4) is 0 Å². The van der Waals surface area contributed by atoms with E-state index in [1.54, 1.807) is 6.07 Å². The second-order valence-corrected chi connectivity index (χ2v) is 5.16. The Morgan fingerprint density at radius 1 is 1.50 bits per heavy atom. The van der Waals surface area contributed by atoms with Crippen LogP contribution >= 0.6 is 11.8 Å². The average Bonchev–Trinajstić information content (AvgIpc) is 2.23. The Kier molecular flexibility index (Phi) is 5.46. The van der Waals surface area contributed by atoms with Gasteiger partial charge in [-0.25, -0.2) is 4.39 Å². The molecule has 0 aliphatic rings. The molecule has 16 heavy (non-hydrogen) atoms. The van der Waals surface area contributed by atoms with Crippen LogP contribution in [0.25, 0.3) is 0 Å². The van der Waals surface area contributed by atoms with Gasteiger partial charge in [0.1, 0.15) is 5.82 Å². The summed E-state index contributed by atoms with van der Waals surface area (Å²) in [4.78, 5) is 0. The van der Waals surface area contributed by atoms with Gasteiger partial charge in [-0.05, 0) is 43.0 Å². The topological polar surface area (TPSA) is 38.0 Å². The van der Waals surface area contributed by atoms with Crippen LogP contribution in [0, 0.1) is 5.82 Å². The maximum absolute atomic E-state index is 12.8. The zero-order valence-electron chi connectivity index (χ0n) is 9.79. The number of rotatable bonds is 6. The van der Waals surface area contributed by atoms with Gasteiger partial charge in [0, 0.05) is 6.04 Å². The van der Waals surface area contributed by atoms with Crippen molar-refractivity contribution >= 4 is 23.1 Å². The number of halogens is 1. The average molecular weight is 242 g/mol. The third-order valence-electron chi connectivity index (χ3n) is 2.31. The van der Waals surface area contributed by atoms with Gasteiger partial charge in [-0.3, -0.25) is 0 Å². The van der Waals surface area contributed by atoms with E-state index in [-0.39, 0.29) is 5.82 Å². The molecule has 1 aromatic rings. The van der Waals surface area contributed by atoms with E-state index in [0.29, 0.717) is 11.7 Å². The van der Waals surface area contributed by atoms with Crippen LogP contribution in [0.4, 0.5) is 15.8 Å². The molecule has 3 N–H and O–H groups in total. The Bertz CT molecular complexity index is 331. The number of benzene rings is 1. The number of nitrogens with one attached hydrogen (secondary N) is 1. The third kappa shape index (κ3) is 4.31. The van der Waals surface area contributed by atoms with Crippen LogP contribution < -0.4 is 11.1 Å². The zero-order chi connectivity index (χ0) is 12.0. The molecule has 1 aromatic carbocycles. The van der Waals surface area contributed by atoms with E-state index in [0.717, 1.165) is 23.6 Å². The fourth-order valence-electron chi connectivity index (χ4n) is 1.41. The molecule has 0 bridgehead atoms. The number of hydrogen-bond donors (Lipinski definition) is 2. The standard InChI is InChI=1S/C12H19FN2S/c1-3-16-7-6-9(2)15-12-5-4-10(13)8-11(12)14/h4-5,8-9,15H,3,6-7,14H2,1-2H3. The van der Waals surface area contributed by atoms with Crippen molar-refractivity contribution in [3.63, 3.8) is 0 Å². The normalized spacial score (nSPS) is 12.4. The maximum Gasteiger partial charge on any atom is 0.125 e. The highest BCUT2D eigenvalue weighted by Gasteiger charge is 2.05. The van der Waals surface area contributed by atoms with Gasteiger partial charge >= 0.3 is 0 Å². The Balaban J connectivity index is 2.46. The molecule has 1 rings (SSSR count). The molecule has 0 aromatic heterocycles. The summed E-state index contributed by atoms with van der Waals surface area (Å²) in [5, 5.41) is 3.29. The van der Waals surface area contributed by atoms with Crippen molar-refractivity contribution in [1.82, 2.24) is 0 Å². The van der Waals surface area contributed by atoms with Crippen LogP contribution in [0.5, 0.6) is 0 Å². The fourth-order valence-corrected chi connectivity index (χ4v) is 2.22. The van der Waals surface area contributed by atoms with E-state index >= 15 is 0 Å². The zero-order valence-corrected chi connectivity index (χ0v) is 10.6. The van der Waals surface area contributed by atoms with Crippen LogP contribution in [0.3, 0.4) is 0 Å². The predicted molar refractivity (Wildman–Crippen MR) is 71.5 cm³/mol. The molecule has 0 amide bonds. The molecule has 2 nitrogen and oxygen atoms in total. The first-order valence-electron chi connectivity index (χ1n) is 5.52. The monoisotopic (exact) mass is 242 g/mol. The molecule has 90 valence electrons. The number of thioether (sulfide) groups is 1. The van der Waals surface area contributed by atoms with Crippen molar-refractivity contribution in [2.75, 3.05) is 22.6 Å². The molecule has 1 atom stereocenters. The molecule has 0 aliphatic heterocycles. The summed E-state index contributed by atoms with van der Waals surface area (Å²) in [6.07, 6.45) is 1.08. The van der Waals surface area contributed by atoms with E-state index in [2.05, 4.69) is 19.2 Å². The number of nitrogen functional groups attached to an aromatic ring is 1. The van der Waals surface area contributed by atoms with Gasteiger partial charge in [0.2, 0.25) is 0 Å². The van der Waals surface area contributed by atoms with E-state index in [9.17, 15) is 4.39 Å². The van der Waals surface area contributed by atoms with Gasteiger partial charge in [0.15, 0.2) is 0 Å². The fraction of sp³-hybridized carbons (Fsp3) is 0.500. The van der Waals surface area contributed by atoms with Crippen LogP contribution in [0.1, 0.15) is 20.3 Å². The van der Waals surface area contributed by atoms with E-state index in [1.807, 2.05) is 11.8 Å². The van der Waals surface area contributed by atoms with Gasteiger partial charge in [-0.15, -0.1) is 0 Å². The second-order valence-electron chi connectivity index (χ2n) is 3.76. The summed E-state index contributed by atoms with van der Waals surface area (Å²) in [5.74, 6) is 1.98. The molecule has 0 fully saturated rings. The molecule has 0 heterocycles. The lowest BCUT2D eigenvalue weighted by molar-refractivity contribution is 0.628. The van der Waals surface area contributed by atoms with Crippen molar-refractivity contribution in [3.05, 3.63) is 24.0 Å². The van der Waals surface area contributed by atoms with Crippen LogP contribution in [0.15, 0.2) is 18.2 Å². The van der Waals surface area contributed by atoms with Crippen LogP contribution in [-0.2, 0) is 0 Å². The van der Waals surface area contributed by atoms with Gasteiger partial charge in [-0.1, -0.05) is 6.92 Å². The molecule has 4 heteroatoms. The Morgan fingerprint density at radius 3 is 2.88 bits per heavy atom. The minimum Gasteiger partial charge on any atom is -0.397 e. The Hall–Kier alpha value is -0.900. The summed E-state index contributed by atoms with van der Waals surface area (Å²) in [6.45, 7) is 4.26. The van der Waals surface area contributed by atoms with Gasteiger partial charge in [0.05, 0.1) is 11.4 Å². The first-order chi connectivity index (χ1) is 7.63. The minimum absolute atomic E-state index is 0.294. The molecular weight excluding hydrogens is 223 g/mol. The van der Waals surface area contributed by atoms with Crippen molar-refractivity contribution < 1.29 is 4.39 Å². The lowest BCUT2D eigenvalue weighted by Crippen LogP contribution is -2.17. The maximum atomic E-state index is 12.8. The van der Waals surface area contributed by atoms with E-state index < -0.39 is 0 Å². The molecule has 1 unspecified atom stereocenters. The third-order valence-corrected chi connectivity index (χ3v) is 3.25. The summed E-state index contributed by atoms with van der Waals surface area (Å²) in [7, 11) is 0. The highest BCUT2D eigenvalue weighted by atomic mass is 32.2. The largest absolute Gasteiger partial charge is 0.397 e. The molecule has 0 saturated carbocycles. The van der Waals surface area contributed by atoms with Crippen molar-refractivity contribution in [2.45, 2.75) is 26.3 Å². The molecule has 0 saturated heterocycles. The van der Waals surface area contributed by atoms with E-state index in [4.69, 9.17) is 5.73 Å². The van der Waals surface area contributed by atoms with Crippen LogP contribution in [0.2, 0.25) is 0 Å². The molecular formula is C12H19FN2S.